The van der Waals surface area contributed by atoms with Crippen molar-refractivity contribution < 1.29 is 21.1 Å². The first-order chi connectivity index (χ1) is 12.0. The molecule has 31 heavy (non-hydrogen) atoms. The second-order valence-electron chi connectivity index (χ2n) is 9.33. The van der Waals surface area contributed by atoms with Crippen LogP contribution < -0.4 is 0 Å². The molecule has 7 heteroatoms. The van der Waals surface area contributed by atoms with Crippen LogP contribution in [0.2, 0.25) is 19.8 Å². The van der Waals surface area contributed by atoms with Crippen molar-refractivity contribution in [3.05, 3.63) is 48.9 Å². The molecule has 0 amide bonds. The van der Waals surface area contributed by atoms with Gasteiger partial charge in [-0.05, 0) is 22.3 Å². The Morgan fingerprint density at radius 3 is 1.74 bits per heavy atom. The van der Waals surface area contributed by atoms with Crippen molar-refractivity contribution in [1.29, 1.82) is 0 Å². The van der Waals surface area contributed by atoms with Gasteiger partial charge in [0.2, 0.25) is 0 Å². The molecule has 2 nitrogen and oxygen atoms in total. The van der Waals surface area contributed by atoms with E-state index in [9.17, 15) is 0 Å². The van der Waals surface area contributed by atoms with Gasteiger partial charge in [0, 0.05) is 34.1 Å². The molecule has 0 bridgehead atoms. The van der Waals surface area contributed by atoms with Gasteiger partial charge in [0.05, 0.1) is 0 Å². The van der Waals surface area contributed by atoms with Gasteiger partial charge in [0.25, 0.3) is 0 Å². The van der Waals surface area contributed by atoms with Crippen LogP contribution in [0.4, 0.5) is 0 Å². The second kappa shape index (κ2) is 24.3. The summed E-state index contributed by atoms with van der Waals surface area (Å²) in [4.78, 5) is 9.18. The van der Waals surface area contributed by atoms with Crippen LogP contribution in [0.3, 0.4) is 0 Å². The maximum atomic E-state index is 4.84. The molecule has 2 heterocycles. The Bertz CT molecular complexity index is 457. The van der Waals surface area contributed by atoms with Crippen molar-refractivity contribution in [1.82, 2.24) is 0 Å². The number of hydrogen-bond donors (Lipinski definition) is 0. The smallest absolute Gasteiger partial charge is 0 e. The van der Waals surface area contributed by atoms with Crippen molar-refractivity contribution in [2.45, 2.75) is 80.2 Å². The number of hydrogen-bond acceptors (Lipinski definition) is 0. The third kappa shape index (κ3) is 20.5. The first-order valence-electron chi connectivity index (χ1n) is 9.94. The minimum atomic E-state index is 0. The van der Waals surface area contributed by atoms with E-state index < -0.39 is 0 Å². The van der Waals surface area contributed by atoms with E-state index in [0.717, 1.165) is 25.4 Å². The fourth-order valence-electron chi connectivity index (χ4n) is 3.09. The normalized spacial score (nSPS) is 19.5. The maximum Gasteiger partial charge on any atom is 4.00 e. The Kier molecular flexibility index (Phi) is 36.7. The van der Waals surface area contributed by atoms with E-state index >= 15 is 0 Å². The molecule has 8 radical (unpaired) electrons. The molecule has 0 aliphatic carbocycles. The van der Waals surface area contributed by atoms with Crippen LogP contribution in [0.15, 0.2) is 23.4 Å². The molecule has 0 spiro atoms. The number of piperidine rings is 1. The minimum absolute atomic E-state index is 0. The Morgan fingerprint density at radius 2 is 1.35 bits per heavy atom. The third-order valence-corrected chi connectivity index (χ3v) is 4.66. The van der Waals surface area contributed by atoms with E-state index in [4.69, 9.17) is 10.6 Å². The molecular formula is C24H48N2PtSe2Sn2. The zero-order valence-electron chi connectivity index (χ0n) is 22.2. The van der Waals surface area contributed by atoms with Gasteiger partial charge in [-0.2, -0.15) is 5.70 Å². The average molecular weight is 955 g/mol. The van der Waals surface area contributed by atoms with Gasteiger partial charge in [0.1, 0.15) is 0 Å². The van der Waals surface area contributed by atoms with Gasteiger partial charge in [-0.25, -0.2) is 0 Å². The average Bonchev–Trinajstić information content (AvgIpc) is 2.55. The molecule has 0 aromatic carbocycles. The molecular weight excluding hydrogens is 907 g/mol. The molecule has 1 fully saturated rings. The van der Waals surface area contributed by atoms with Crippen LogP contribution in [-0.4, -0.2) is 95.6 Å². The summed E-state index contributed by atoms with van der Waals surface area (Å²) in [6, 6.07) is 0.319. The van der Waals surface area contributed by atoms with Crippen LogP contribution in [0.5, 0.6) is 0 Å². The van der Waals surface area contributed by atoms with Crippen molar-refractivity contribution in [3.8, 4) is 0 Å². The fraction of sp³-hybridized carbons (Fsp3) is 0.750. The van der Waals surface area contributed by atoms with E-state index in [1.165, 1.54) is 17.7 Å². The summed E-state index contributed by atoms with van der Waals surface area (Å²) in [6.45, 7) is 15.7. The number of allylic oxidation sites excluding steroid dienone is 2. The van der Waals surface area contributed by atoms with E-state index in [-0.39, 0.29) is 118 Å². The molecule has 0 aromatic heterocycles. The van der Waals surface area contributed by atoms with Gasteiger partial charge >= 0.3 is 83.1 Å². The summed E-state index contributed by atoms with van der Waals surface area (Å²) in [5.74, 6) is 0.755. The number of nitrogens with zero attached hydrogens (tertiary/aromatic N) is 2. The standard InChI is InChI=1S/C18H30N2.6CH3.Pt.2Se.2Sn/c1-17(2,3)13-7-9-19-15(11-13)16-12-14(8-10-20-16)18(4,5)6;;;;;;;;;;;/h7,11,14,16H,8-10,12H2,1-6H3;6*1H3;;;;;/q-2;;;;;2*-1;+4;;;;. The zero-order chi connectivity index (χ0) is 20.4. The quantitative estimate of drug-likeness (QED) is 0.198. The summed E-state index contributed by atoms with van der Waals surface area (Å²) >= 11 is 0.460. The molecule has 0 aromatic rings. The van der Waals surface area contributed by atoms with Crippen molar-refractivity contribution in [3.63, 3.8) is 0 Å². The zero-order valence-corrected chi connectivity index (χ0v) is 33.6. The van der Waals surface area contributed by atoms with Gasteiger partial charge in [0.15, 0.2) is 0 Å². The Balaban J connectivity index is -0.000000128. The SMILES string of the molecule is CC(C)(C)C1=CC[N-]C(C2CC(C(C)(C)C)CC[N-]2)=C1.[CH3-].[CH3-].[CH3][Sn][CH3].[CH3][Sn][CH3].[Pt+4].[Se].[Se]. The van der Waals surface area contributed by atoms with Gasteiger partial charge in [-0.3, -0.25) is 0 Å². The van der Waals surface area contributed by atoms with E-state index in [1.54, 1.807) is 0 Å². The van der Waals surface area contributed by atoms with Gasteiger partial charge < -0.3 is 25.5 Å². The van der Waals surface area contributed by atoms with Crippen LogP contribution in [0.25, 0.3) is 10.6 Å². The number of rotatable bonds is 1. The predicted octanol–water partition coefficient (Wildman–Crippen LogP) is 7.14. The summed E-state index contributed by atoms with van der Waals surface area (Å²) in [7, 11) is 0. The predicted molar refractivity (Wildman–Crippen MR) is 147 cm³/mol. The van der Waals surface area contributed by atoms with Crippen molar-refractivity contribution in [2.24, 2.45) is 16.7 Å². The summed E-state index contributed by atoms with van der Waals surface area (Å²) in [5, 5.41) is 9.57. The molecule has 0 saturated carbocycles. The molecule has 2 atom stereocenters. The van der Waals surface area contributed by atoms with E-state index in [0.29, 0.717) is 11.5 Å². The van der Waals surface area contributed by atoms with Crippen LogP contribution >= 0.6 is 0 Å². The van der Waals surface area contributed by atoms with Crippen molar-refractivity contribution in [2.75, 3.05) is 13.1 Å². The second-order valence-corrected chi connectivity index (χ2v) is 15.0. The third-order valence-electron chi connectivity index (χ3n) is 4.66. The maximum absolute atomic E-state index is 4.84. The first-order valence-corrected chi connectivity index (χ1v) is 21.4. The van der Waals surface area contributed by atoms with Gasteiger partial charge in [-0.15, -0.1) is 19.1 Å². The summed E-state index contributed by atoms with van der Waals surface area (Å²) < 4.78 is 0. The summed E-state index contributed by atoms with van der Waals surface area (Å²) in [5.41, 5.74) is 3.22. The molecule has 2 aliphatic heterocycles. The monoisotopic (exact) mass is 959 g/mol. The van der Waals surface area contributed by atoms with E-state index in [1.807, 2.05) is 0 Å². The minimum Gasteiger partial charge on any atom is 0 e. The molecule has 184 valence electrons. The molecule has 2 aliphatic rings. The summed E-state index contributed by atoms with van der Waals surface area (Å²) in [6.07, 6.45) is 6.95. The molecule has 2 unspecified atom stereocenters. The van der Waals surface area contributed by atoms with Gasteiger partial charge in [-0.1, -0.05) is 66.5 Å². The molecule has 0 N–H and O–H groups in total. The topological polar surface area (TPSA) is 28.2 Å². The fourth-order valence-corrected chi connectivity index (χ4v) is 3.09. The van der Waals surface area contributed by atoms with Crippen LogP contribution in [0, 0.1) is 31.6 Å². The van der Waals surface area contributed by atoms with Crippen LogP contribution in [-0.2, 0) is 21.1 Å². The van der Waals surface area contributed by atoms with Crippen molar-refractivity contribution >= 4 is 76.4 Å². The first kappa shape index (κ1) is 46.8. The molecule has 1 saturated heterocycles. The Hall–Kier alpha value is 2.56. The Morgan fingerprint density at radius 1 is 0.903 bits per heavy atom. The molecule has 2 rings (SSSR count). The Labute approximate surface area is 253 Å². The largest absolute Gasteiger partial charge is 4.00 e. The van der Waals surface area contributed by atoms with E-state index in [2.05, 4.69) is 73.5 Å². The van der Waals surface area contributed by atoms with Crippen LogP contribution in [0.1, 0.15) is 54.4 Å².